The van der Waals surface area contributed by atoms with E-state index in [1.165, 1.54) is 0 Å². The minimum absolute atomic E-state index is 0.00165. The quantitative estimate of drug-likeness (QED) is 0.683. The van der Waals surface area contributed by atoms with Crippen LogP contribution in [-0.4, -0.2) is 76.9 Å². The number of thioether (sulfide) groups is 1. The molecule has 1 saturated heterocycles. The largest absolute Gasteiger partial charge is 0.478 e. The van der Waals surface area contributed by atoms with E-state index in [-0.39, 0.29) is 11.6 Å². The normalized spacial score (nSPS) is 23.4. The number of hydrogen-bond donors (Lipinski definition) is 2. The van der Waals surface area contributed by atoms with Gasteiger partial charge in [0.15, 0.2) is 0 Å². The summed E-state index contributed by atoms with van der Waals surface area (Å²) in [7, 11) is 0. The van der Waals surface area contributed by atoms with E-state index in [4.69, 9.17) is 4.74 Å². The number of carboxylic acids is 1. The van der Waals surface area contributed by atoms with Crippen LogP contribution in [0.5, 0.6) is 0 Å². The number of rotatable bonds is 7. The van der Waals surface area contributed by atoms with Crippen LogP contribution in [0.3, 0.4) is 0 Å². The highest BCUT2D eigenvalue weighted by molar-refractivity contribution is 8.03. The number of nitrogens with zero attached hydrogens (tertiary/aromatic N) is 2. The molecule has 2 heterocycles. The molecule has 0 aliphatic carbocycles. The van der Waals surface area contributed by atoms with Gasteiger partial charge < -0.3 is 19.8 Å². The summed E-state index contributed by atoms with van der Waals surface area (Å²) in [6.45, 7) is 13.6. The highest BCUT2D eigenvalue weighted by atomic mass is 32.2. The Morgan fingerprint density at radius 2 is 2.00 bits per heavy atom. The molecular formula is C20H34N2O4S. The van der Waals surface area contributed by atoms with Crippen LogP contribution in [0.2, 0.25) is 0 Å². The molecule has 2 aliphatic heterocycles. The van der Waals surface area contributed by atoms with Crippen LogP contribution in [0.15, 0.2) is 22.3 Å². The standard InChI is InChI=1S/C20H34N2O4S/c1-6-27-18-17(19(24)25)14(2)13-16(21-9-11-26-12-10-21)22(18)8-7-15(23)20(3,4)5/h13,15-16,23H,6-12H2,1-5H3,(H,24,25). The first-order valence-electron chi connectivity index (χ1n) is 9.72. The molecule has 154 valence electrons. The molecule has 2 aliphatic rings. The van der Waals surface area contributed by atoms with Crippen molar-refractivity contribution in [3.8, 4) is 0 Å². The number of morpholine rings is 1. The van der Waals surface area contributed by atoms with Gasteiger partial charge in [-0.25, -0.2) is 4.79 Å². The number of aliphatic hydroxyl groups is 1. The number of aliphatic hydroxyl groups excluding tert-OH is 1. The second-order valence-corrected chi connectivity index (χ2v) is 9.45. The van der Waals surface area contributed by atoms with Crippen molar-refractivity contribution in [1.29, 1.82) is 0 Å². The second-order valence-electron chi connectivity index (χ2n) is 8.19. The molecule has 6 nitrogen and oxygen atoms in total. The predicted octanol–water partition coefficient (Wildman–Crippen LogP) is 2.75. The Morgan fingerprint density at radius 1 is 1.37 bits per heavy atom. The first kappa shape index (κ1) is 22.3. The summed E-state index contributed by atoms with van der Waals surface area (Å²) in [4.78, 5) is 16.5. The fourth-order valence-electron chi connectivity index (χ4n) is 3.45. The SMILES string of the molecule is CCSC1=C(C(=O)O)C(C)=CC(N2CCOCC2)N1CCC(O)C(C)(C)C. The van der Waals surface area contributed by atoms with Gasteiger partial charge in [0, 0.05) is 19.6 Å². The zero-order valence-electron chi connectivity index (χ0n) is 17.2. The Morgan fingerprint density at radius 3 is 2.52 bits per heavy atom. The smallest absolute Gasteiger partial charge is 0.338 e. The second kappa shape index (κ2) is 9.45. The van der Waals surface area contributed by atoms with Crippen LogP contribution in [0.4, 0.5) is 0 Å². The van der Waals surface area contributed by atoms with Crippen LogP contribution in [0, 0.1) is 5.41 Å². The van der Waals surface area contributed by atoms with Gasteiger partial charge in [0.05, 0.1) is 29.9 Å². The number of hydrogen-bond acceptors (Lipinski definition) is 6. The fourth-order valence-corrected chi connectivity index (χ4v) is 4.49. The van der Waals surface area contributed by atoms with Gasteiger partial charge in [0.25, 0.3) is 0 Å². The van der Waals surface area contributed by atoms with Crippen molar-refractivity contribution in [3.63, 3.8) is 0 Å². The first-order valence-corrected chi connectivity index (χ1v) is 10.7. The highest BCUT2D eigenvalue weighted by Gasteiger charge is 2.35. The lowest BCUT2D eigenvalue weighted by Gasteiger charge is -2.45. The van der Waals surface area contributed by atoms with Crippen LogP contribution in [-0.2, 0) is 9.53 Å². The van der Waals surface area contributed by atoms with E-state index in [9.17, 15) is 15.0 Å². The molecule has 0 aromatic rings. The van der Waals surface area contributed by atoms with Gasteiger partial charge >= 0.3 is 5.97 Å². The molecule has 2 rings (SSSR count). The number of ether oxygens (including phenoxy) is 1. The van der Waals surface area contributed by atoms with Gasteiger partial charge in [-0.15, -0.1) is 11.8 Å². The van der Waals surface area contributed by atoms with E-state index in [0.717, 1.165) is 29.4 Å². The maximum absolute atomic E-state index is 12.0. The van der Waals surface area contributed by atoms with E-state index in [1.807, 2.05) is 34.6 Å². The summed E-state index contributed by atoms with van der Waals surface area (Å²) >= 11 is 1.57. The van der Waals surface area contributed by atoms with Crippen molar-refractivity contribution in [1.82, 2.24) is 9.80 Å². The monoisotopic (exact) mass is 398 g/mol. The minimum atomic E-state index is -0.888. The van der Waals surface area contributed by atoms with E-state index >= 15 is 0 Å². The Balaban J connectivity index is 2.35. The third-order valence-corrected chi connectivity index (χ3v) is 6.15. The first-order chi connectivity index (χ1) is 12.7. The molecule has 0 saturated carbocycles. The minimum Gasteiger partial charge on any atom is -0.478 e. The lowest BCUT2D eigenvalue weighted by molar-refractivity contribution is -0.132. The van der Waals surface area contributed by atoms with Crippen molar-refractivity contribution < 1.29 is 19.7 Å². The Bertz CT molecular complexity index is 591. The topological polar surface area (TPSA) is 73.2 Å². The van der Waals surface area contributed by atoms with Gasteiger partial charge in [-0.1, -0.05) is 27.7 Å². The van der Waals surface area contributed by atoms with E-state index in [2.05, 4.69) is 15.9 Å². The molecular weight excluding hydrogens is 364 g/mol. The summed E-state index contributed by atoms with van der Waals surface area (Å²) in [5.74, 6) is -0.0883. The van der Waals surface area contributed by atoms with Crippen molar-refractivity contribution in [2.75, 3.05) is 38.6 Å². The number of carbonyl (C=O) groups is 1. The van der Waals surface area contributed by atoms with Crippen molar-refractivity contribution >= 4 is 17.7 Å². The fraction of sp³-hybridized carbons (Fsp3) is 0.750. The van der Waals surface area contributed by atoms with Gasteiger partial charge in [-0.3, -0.25) is 4.90 Å². The van der Waals surface area contributed by atoms with Crippen molar-refractivity contribution in [2.24, 2.45) is 5.41 Å². The molecule has 2 N–H and O–H groups in total. The van der Waals surface area contributed by atoms with Crippen molar-refractivity contribution in [3.05, 3.63) is 22.3 Å². The third kappa shape index (κ3) is 5.50. The maximum atomic E-state index is 12.0. The van der Waals surface area contributed by atoms with Gasteiger partial charge in [-0.2, -0.15) is 0 Å². The third-order valence-electron chi connectivity index (χ3n) is 5.15. The summed E-state index contributed by atoms with van der Waals surface area (Å²) in [5.41, 5.74) is 0.993. The average molecular weight is 399 g/mol. The highest BCUT2D eigenvalue weighted by Crippen LogP contribution is 2.36. The molecule has 7 heteroatoms. The molecule has 1 fully saturated rings. The van der Waals surface area contributed by atoms with Gasteiger partial charge in [0.1, 0.15) is 6.17 Å². The molecule has 0 bridgehead atoms. The zero-order chi connectivity index (χ0) is 20.2. The molecule has 0 amide bonds. The van der Waals surface area contributed by atoms with Crippen LogP contribution in [0.25, 0.3) is 0 Å². The Hall–Kier alpha value is -1.02. The molecule has 0 spiro atoms. The van der Waals surface area contributed by atoms with Crippen LogP contribution < -0.4 is 0 Å². The Kier molecular flexibility index (Phi) is 7.80. The molecule has 0 aromatic carbocycles. The average Bonchev–Trinajstić information content (AvgIpc) is 2.60. The molecule has 2 unspecified atom stereocenters. The van der Waals surface area contributed by atoms with E-state index in [0.29, 0.717) is 31.8 Å². The van der Waals surface area contributed by atoms with Crippen molar-refractivity contribution in [2.45, 2.75) is 53.3 Å². The summed E-state index contributed by atoms with van der Waals surface area (Å²) in [5, 5.41) is 21.2. The number of carboxylic acid groups (broad SMARTS) is 1. The lowest BCUT2D eigenvalue weighted by Crippen LogP contribution is -2.53. The van der Waals surface area contributed by atoms with Crippen LogP contribution in [0.1, 0.15) is 41.0 Å². The van der Waals surface area contributed by atoms with E-state index in [1.54, 1.807) is 11.8 Å². The zero-order valence-corrected chi connectivity index (χ0v) is 18.0. The molecule has 27 heavy (non-hydrogen) atoms. The van der Waals surface area contributed by atoms with E-state index < -0.39 is 12.1 Å². The number of aliphatic carboxylic acids is 1. The molecule has 0 aromatic heterocycles. The lowest BCUT2D eigenvalue weighted by atomic mass is 9.87. The summed E-state index contributed by atoms with van der Waals surface area (Å²) < 4.78 is 5.50. The van der Waals surface area contributed by atoms with Crippen LogP contribution >= 0.6 is 11.8 Å². The van der Waals surface area contributed by atoms with Gasteiger partial charge in [-0.05, 0) is 36.2 Å². The Labute approximate surface area is 167 Å². The summed E-state index contributed by atoms with van der Waals surface area (Å²) in [6, 6.07) is 0. The molecule has 0 radical (unpaired) electrons. The predicted molar refractivity (Wildman–Crippen MR) is 110 cm³/mol. The maximum Gasteiger partial charge on any atom is 0.338 e. The molecule has 2 atom stereocenters. The van der Waals surface area contributed by atoms with Gasteiger partial charge in [0.2, 0.25) is 0 Å². The summed E-state index contributed by atoms with van der Waals surface area (Å²) in [6.07, 6.45) is 2.20.